The molecule has 4 nitrogen and oxygen atoms in total. The van der Waals surface area contributed by atoms with E-state index >= 15 is 0 Å². The van der Waals surface area contributed by atoms with E-state index in [4.69, 9.17) is 5.11 Å². The molecule has 1 rings (SSSR count). The van der Waals surface area contributed by atoms with Gasteiger partial charge >= 0.3 is 6.09 Å². The van der Waals surface area contributed by atoms with Gasteiger partial charge in [-0.25, -0.2) is 4.79 Å². The second kappa shape index (κ2) is 6.57. The van der Waals surface area contributed by atoms with E-state index in [-0.39, 0.29) is 12.0 Å². The zero-order valence-electron chi connectivity index (χ0n) is 11.9. The lowest BCUT2D eigenvalue weighted by Crippen LogP contribution is -2.38. The van der Waals surface area contributed by atoms with Gasteiger partial charge in [0.25, 0.3) is 0 Å². The third-order valence-electron chi connectivity index (χ3n) is 2.81. The van der Waals surface area contributed by atoms with Gasteiger partial charge in [0.1, 0.15) is 0 Å². The van der Waals surface area contributed by atoms with Crippen LogP contribution < -0.4 is 0 Å². The average Bonchev–Trinajstić information content (AvgIpc) is 2.33. The Morgan fingerprint density at radius 3 is 2.11 bits per heavy atom. The van der Waals surface area contributed by atoms with E-state index < -0.39 is 6.09 Å². The summed E-state index contributed by atoms with van der Waals surface area (Å²) in [6, 6.07) is 7.60. The third kappa shape index (κ3) is 5.75. The molecule has 0 heterocycles. The van der Waals surface area contributed by atoms with E-state index in [1.807, 2.05) is 45.0 Å². The van der Waals surface area contributed by atoms with Gasteiger partial charge in [-0.15, -0.1) is 0 Å². The maximum atomic E-state index is 11.2. The van der Waals surface area contributed by atoms with Gasteiger partial charge in [-0.2, -0.15) is 0 Å². The summed E-state index contributed by atoms with van der Waals surface area (Å²) in [4.78, 5) is 12.7. The first kappa shape index (κ1) is 15.5. The van der Waals surface area contributed by atoms with Crippen molar-refractivity contribution in [3.8, 4) is 0 Å². The van der Waals surface area contributed by atoms with Gasteiger partial charge in [-0.3, -0.25) is 0 Å². The molecule has 0 aliphatic carbocycles. The van der Waals surface area contributed by atoms with Crippen LogP contribution in [0.2, 0.25) is 0 Å². The van der Waals surface area contributed by atoms with Crippen molar-refractivity contribution >= 4 is 6.09 Å². The summed E-state index contributed by atoms with van der Waals surface area (Å²) >= 11 is 0. The van der Waals surface area contributed by atoms with E-state index in [9.17, 15) is 9.90 Å². The summed E-state index contributed by atoms with van der Waals surface area (Å²) in [6.45, 7) is 7.13. The first-order valence-corrected chi connectivity index (χ1v) is 6.48. The summed E-state index contributed by atoms with van der Waals surface area (Å²) in [5.41, 5.74) is 1.91. The number of hydrogen-bond acceptors (Lipinski definition) is 2. The zero-order valence-corrected chi connectivity index (χ0v) is 11.9. The van der Waals surface area contributed by atoms with Gasteiger partial charge in [0.15, 0.2) is 0 Å². The molecular weight excluding hydrogens is 242 g/mol. The second-order valence-corrected chi connectivity index (χ2v) is 5.99. The molecule has 0 bridgehead atoms. The van der Waals surface area contributed by atoms with Crippen LogP contribution in [0, 0.1) is 5.41 Å². The SMILES string of the molecule is CC(C)(C)CN(CCc1ccc(CO)cc1)C(=O)O. The van der Waals surface area contributed by atoms with Crippen molar-refractivity contribution < 1.29 is 15.0 Å². The average molecular weight is 265 g/mol. The zero-order chi connectivity index (χ0) is 14.5. The van der Waals surface area contributed by atoms with Gasteiger partial charge in [0.2, 0.25) is 0 Å². The van der Waals surface area contributed by atoms with Gasteiger partial charge < -0.3 is 15.1 Å². The van der Waals surface area contributed by atoms with Crippen LogP contribution >= 0.6 is 0 Å². The van der Waals surface area contributed by atoms with Crippen LogP contribution in [0.5, 0.6) is 0 Å². The minimum absolute atomic E-state index is 0.0333. The lowest BCUT2D eigenvalue weighted by atomic mass is 9.96. The molecule has 0 aliphatic heterocycles. The lowest BCUT2D eigenvalue weighted by Gasteiger charge is -2.27. The van der Waals surface area contributed by atoms with Crippen LogP contribution in [0.4, 0.5) is 4.79 Å². The van der Waals surface area contributed by atoms with Crippen molar-refractivity contribution in [2.45, 2.75) is 33.8 Å². The molecule has 0 spiro atoms. The van der Waals surface area contributed by atoms with Crippen molar-refractivity contribution in [3.05, 3.63) is 35.4 Å². The van der Waals surface area contributed by atoms with Crippen LogP contribution in [-0.2, 0) is 13.0 Å². The molecule has 1 aromatic carbocycles. The fraction of sp³-hybridized carbons (Fsp3) is 0.533. The topological polar surface area (TPSA) is 60.8 Å². The highest BCUT2D eigenvalue weighted by atomic mass is 16.4. The second-order valence-electron chi connectivity index (χ2n) is 5.99. The fourth-order valence-electron chi connectivity index (χ4n) is 1.89. The Hall–Kier alpha value is -1.55. The van der Waals surface area contributed by atoms with Crippen molar-refractivity contribution in [2.75, 3.05) is 13.1 Å². The Morgan fingerprint density at radius 2 is 1.68 bits per heavy atom. The van der Waals surface area contributed by atoms with Crippen LogP contribution in [0.25, 0.3) is 0 Å². The van der Waals surface area contributed by atoms with Gasteiger partial charge in [-0.1, -0.05) is 45.0 Å². The van der Waals surface area contributed by atoms with Crippen LogP contribution in [-0.4, -0.2) is 34.3 Å². The van der Waals surface area contributed by atoms with Gasteiger partial charge in [-0.05, 0) is 23.0 Å². The molecule has 0 aromatic heterocycles. The summed E-state index contributed by atoms with van der Waals surface area (Å²) in [5.74, 6) is 0. The first-order chi connectivity index (χ1) is 8.81. The Labute approximate surface area is 114 Å². The minimum atomic E-state index is -0.873. The number of carboxylic acid groups (broad SMARTS) is 1. The smallest absolute Gasteiger partial charge is 0.407 e. The fourth-order valence-corrected chi connectivity index (χ4v) is 1.89. The van der Waals surface area contributed by atoms with Crippen molar-refractivity contribution in [1.29, 1.82) is 0 Å². The van der Waals surface area contributed by atoms with Gasteiger partial charge in [0.05, 0.1) is 6.61 Å². The van der Waals surface area contributed by atoms with E-state index in [2.05, 4.69) is 0 Å². The molecule has 0 saturated heterocycles. The molecule has 0 unspecified atom stereocenters. The number of benzene rings is 1. The summed E-state index contributed by atoms with van der Waals surface area (Å²) in [7, 11) is 0. The Balaban J connectivity index is 2.58. The standard InChI is InChI=1S/C15H23NO3/c1-15(2,3)11-16(14(18)19)9-8-12-4-6-13(10-17)7-5-12/h4-7,17H,8-11H2,1-3H3,(H,18,19). The van der Waals surface area contributed by atoms with Crippen LogP contribution in [0.3, 0.4) is 0 Å². The predicted molar refractivity (Wildman–Crippen MR) is 75.1 cm³/mol. The summed E-state index contributed by atoms with van der Waals surface area (Å²) < 4.78 is 0. The lowest BCUT2D eigenvalue weighted by molar-refractivity contribution is 0.127. The number of rotatable bonds is 5. The predicted octanol–water partition coefficient (Wildman–Crippen LogP) is 2.75. The van der Waals surface area contributed by atoms with Crippen molar-refractivity contribution in [3.63, 3.8) is 0 Å². The first-order valence-electron chi connectivity index (χ1n) is 6.48. The number of amides is 1. The quantitative estimate of drug-likeness (QED) is 0.860. The normalized spacial score (nSPS) is 11.4. The maximum absolute atomic E-state index is 11.2. The molecular formula is C15H23NO3. The molecule has 0 atom stereocenters. The summed E-state index contributed by atoms with van der Waals surface area (Å²) in [5, 5.41) is 18.2. The number of aliphatic hydroxyl groups is 1. The molecule has 106 valence electrons. The Bertz CT molecular complexity index is 406. The maximum Gasteiger partial charge on any atom is 0.407 e. The minimum Gasteiger partial charge on any atom is -0.465 e. The van der Waals surface area contributed by atoms with Crippen molar-refractivity contribution in [2.24, 2.45) is 5.41 Å². The molecule has 2 N–H and O–H groups in total. The molecule has 1 amide bonds. The Kier molecular flexibility index (Phi) is 5.36. The summed E-state index contributed by atoms with van der Waals surface area (Å²) in [6.07, 6.45) is -0.185. The number of hydrogen-bond donors (Lipinski definition) is 2. The Morgan fingerprint density at radius 1 is 1.16 bits per heavy atom. The third-order valence-corrected chi connectivity index (χ3v) is 2.81. The van der Waals surface area contributed by atoms with E-state index in [1.165, 1.54) is 4.90 Å². The molecule has 0 fully saturated rings. The number of nitrogens with zero attached hydrogens (tertiary/aromatic N) is 1. The highest BCUT2D eigenvalue weighted by Gasteiger charge is 2.19. The van der Waals surface area contributed by atoms with Gasteiger partial charge in [0, 0.05) is 13.1 Å². The number of carbonyl (C=O) groups is 1. The molecule has 19 heavy (non-hydrogen) atoms. The molecule has 1 aromatic rings. The molecule has 0 radical (unpaired) electrons. The van der Waals surface area contributed by atoms with Crippen LogP contribution in [0.15, 0.2) is 24.3 Å². The van der Waals surface area contributed by atoms with E-state index in [0.717, 1.165) is 11.1 Å². The van der Waals surface area contributed by atoms with E-state index in [1.54, 1.807) is 0 Å². The number of aliphatic hydroxyl groups excluding tert-OH is 1. The monoisotopic (exact) mass is 265 g/mol. The molecule has 0 aliphatic rings. The largest absolute Gasteiger partial charge is 0.465 e. The highest BCUT2D eigenvalue weighted by Crippen LogP contribution is 2.16. The van der Waals surface area contributed by atoms with Crippen molar-refractivity contribution in [1.82, 2.24) is 4.90 Å². The molecule has 4 heteroatoms. The molecule has 0 saturated carbocycles. The van der Waals surface area contributed by atoms with E-state index in [0.29, 0.717) is 19.5 Å². The van der Waals surface area contributed by atoms with Crippen LogP contribution in [0.1, 0.15) is 31.9 Å². The highest BCUT2D eigenvalue weighted by molar-refractivity contribution is 5.65.